The summed E-state index contributed by atoms with van der Waals surface area (Å²) < 4.78 is 33.3. The Bertz CT molecular complexity index is 737. The van der Waals surface area contributed by atoms with Gasteiger partial charge >= 0.3 is 0 Å². The molecule has 2 aromatic rings. The summed E-state index contributed by atoms with van der Waals surface area (Å²) in [5.41, 5.74) is 1.07. The third kappa shape index (κ3) is 3.65. The van der Waals surface area contributed by atoms with Crippen molar-refractivity contribution >= 4 is 9.84 Å². The van der Waals surface area contributed by atoms with Crippen LogP contribution in [0.1, 0.15) is 23.7 Å². The highest BCUT2D eigenvalue weighted by molar-refractivity contribution is 7.91. The van der Waals surface area contributed by atoms with Gasteiger partial charge in [-0.3, -0.25) is 0 Å². The molecule has 1 atom stereocenters. The van der Waals surface area contributed by atoms with Crippen LogP contribution < -0.4 is 4.74 Å². The summed E-state index contributed by atoms with van der Waals surface area (Å²) in [6.07, 6.45) is 1.80. The fraction of sp³-hybridized carbons (Fsp3) is 0.467. The van der Waals surface area contributed by atoms with Crippen molar-refractivity contribution in [1.82, 2.24) is 10.1 Å². The number of aromatic nitrogens is 2. The quantitative estimate of drug-likeness (QED) is 0.832. The highest BCUT2D eigenvalue weighted by atomic mass is 32.2. The normalized spacial score (nSPS) is 20.1. The van der Waals surface area contributed by atoms with Crippen molar-refractivity contribution in [2.24, 2.45) is 5.92 Å². The maximum Gasteiger partial charge on any atom is 0.226 e. The van der Waals surface area contributed by atoms with Gasteiger partial charge in [0.2, 0.25) is 5.89 Å². The van der Waals surface area contributed by atoms with Crippen LogP contribution in [-0.2, 0) is 22.7 Å². The summed E-state index contributed by atoms with van der Waals surface area (Å²) in [7, 11) is -1.24. The van der Waals surface area contributed by atoms with Gasteiger partial charge in [-0.1, -0.05) is 17.3 Å². The van der Waals surface area contributed by atoms with Crippen molar-refractivity contribution in [3.05, 3.63) is 41.5 Å². The van der Waals surface area contributed by atoms with Crippen LogP contribution in [0.5, 0.6) is 5.75 Å². The molecule has 6 nitrogen and oxygen atoms in total. The first-order valence-corrected chi connectivity index (χ1v) is 9.01. The molecule has 0 bridgehead atoms. The van der Waals surface area contributed by atoms with Crippen molar-refractivity contribution in [3.63, 3.8) is 0 Å². The Labute approximate surface area is 129 Å². The second kappa shape index (κ2) is 6.08. The van der Waals surface area contributed by atoms with Crippen LogP contribution in [0.15, 0.2) is 28.8 Å². The topological polar surface area (TPSA) is 82.3 Å². The monoisotopic (exact) mass is 322 g/mol. The molecule has 1 aliphatic heterocycles. The van der Waals surface area contributed by atoms with E-state index in [1.54, 1.807) is 7.11 Å². The number of methoxy groups -OCH3 is 1. The predicted octanol–water partition coefficient (Wildman–Crippen LogP) is 1.65. The SMILES string of the molecule is COc1ccc(Cc2noc(CC3CCS(=O)(=O)C3)n2)cc1. The summed E-state index contributed by atoms with van der Waals surface area (Å²) in [6.45, 7) is 0. The zero-order chi connectivity index (χ0) is 15.6. The van der Waals surface area contributed by atoms with Gasteiger partial charge in [0.05, 0.1) is 18.6 Å². The summed E-state index contributed by atoms with van der Waals surface area (Å²) in [5, 5.41) is 3.97. The first-order chi connectivity index (χ1) is 10.5. The fourth-order valence-corrected chi connectivity index (χ4v) is 4.51. The summed E-state index contributed by atoms with van der Waals surface area (Å²) in [5.74, 6) is 2.53. The molecule has 2 heterocycles. The first-order valence-electron chi connectivity index (χ1n) is 7.19. The number of benzene rings is 1. The van der Waals surface area contributed by atoms with E-state index in [-0.39, 0.29) is 17.4 Å². The molecule has 0 N–H and O–H groups in total. The van der Waals surface area contributed by atoms with Gasteiger partial charge in [-0.25, -0.2) is 8.42 Å². The first kappa shape index (κ1) is 15.0. The lowest BCUT2D eigenvalue weighted by Gasteiger charge is -2.01. The van der Waals surface area contributed by atoms with E-state index in [0.29, 0.717) is 31.0 Å². The molecular formula is C15H18N2O4S. The van der Waals surface area contributed by atoms with Gasteiger partial charge in [-0.15, -0.1) is 0 Å². The lowest BCUT2D eigenvalue weighted by atomic mass is 10.1. The minimum Gasteiger partial charge on any atom is -0.497 e. The van der Waals surface area contributed by atoms with Crippen LogP contribution in [-0.4, -0.2) is 37.2 Å². The molecule has 7 heteroatoms. The average molecular weight is 322 g/mol. The smallest absolute Gasteiger partial charge is 0.226 e. The van der Waals surface area contributed by atoms with Crippen molar-refractivity contribution < 1.29 is 17.7 Å². The molecule has 1 aliphatic rings. The Kier molecular flexibility index (Phi) is 4.15. The molecular weight excluding hydrogens is 304 g/mol. The second-order valence-electron chi connectivity index (χ2n) is 5.60. The van der Waals surface area contributed by atoms with E-state index < -0.39 is 9.84 Å². The van der Waals surface area contributed by atoms with Crippen molar-refractivity contribution in [3.8, 4) is 5.75 Å². The number of sulfone groups is 1. The molecule has 0 spiro atoms. The Morgan fingerprint density at radius 3 is 2.73 bits per heavy atom. The number of ether oxygens (including phenoxy) is 1. The molecule has 0 aliphatic carbocycles. The van der Waals surface area contributed by atoms with Crippen LogP contribution in [0.2, 0.25) is 0 Å². The van der Waals surface area contributed by atoms with Gasteiger partial charge in [0, 0.05) is 12.8 Å². The van der Waals surface area contributed by atoms with Gasteiger partial charge < -0.3 is 9.26 Å². The molecule has 0 amide bonds. The van der Waals surface area contributed by atoms with Crippen LogP contribution in [0.3, 0.4) is 0 Å². The van der Waals surface area contributed by atoms with Crippen molar-refractivity contribution in [2.75, 3.05) is 18.6 Å². The summed E-state index contributed by atoms with van der Waals surface area (Å²) >= 11 is 0. The maximum atomic E-state index is 11.5. The summed E-state index contributed by atoms with van der Waals surface area (Å²) in [4.78, 5) is 4.36. The Morgan fingerprint density at radius 1 is 1.32 bits per heavy atom. The van der Waals surface area contributed by atoms with Crippen LogP contribution >= 0.6 is 0 Å². The molecule has 22 heavy (non-hydrogen) atoms. The lowest BCUT2D eigenvalue weighted by Crippen LogP contribution is -2.07. The van der Waals surface area contributed by atoms with Gasteiger partial charge in [-0.05, 0) is 30.0 Å². The van der Waals surface area contributed by atoms with Crippen molar-refractivity contribution in [1.29, 1.82) is 0 Å². The van der Waals surface area contributed by atoms with E-state index in [1.807, 2.05) is 24.3 Å². The minimum absolute atomic E-state index is 0.0966. The van der Waals surface area contributed by atoms with Gasteiger partial charge in [0.1, 0.15) is 5.75 Å². The van der Waals surface area contributed by atoms with Gasteiger partial charge in [0.25, 0.3) is 0 Å². The van der Waals surface area contributed by atoms with Crippen molar-refractivity contribution in [2.45, 2.75) is 19.3 Å². The molecule has 1 fully saturated rings. The van der Waals surface area contributed by atoms with E-state index >= 15 is 0 Å². The van der Waals surface area contributed by atoms with Crippen LogP contribution in [0.4, 0.5) is 0 Å². The van der Waals surface area contributed by atoms with E-state index in [4.69, 9.17) is 9.26 Å². The molecule has 118 valence electrons. The molecule has 1 unspecified atom stereocenters. The maximum absolute atomic E-state index is 11.5. The largest absolute Gasteiger partial charge is 0.497 e. The Morgan fingerprint density at radius 2 is 2.09 bits per heavy atom. The Balaban J connectivity index is 1.61. The Hall–Kier alpha value is -1.89. The lowest BCUT2D eigenvalue weighted by molar-refractivity contribution is 0.355. The molecule has 0 saturated carbocycles. The van der Waals surface area contributed by atoms with E-state index in [9.17, 15) is 8.42 Å². The molecule has 1 aromatic heterocycles. The highest BCUT2D eigenvalue weighted by Gasteiger charge is 2.29. The van der Waals surface area contributed by atoms with E-state index in [1.165, 1.54) is 0 Å². The second-order valence-corrected chi connectivity index (χ2v) is 7.83. The summed E-state index contributed by atoms with van der Waals surface area (Å²) in [6, 6.07) is 7.69. The predicted molar refractivity (Wildman–Crippen MR) is 80.6 cm³/mol. The van der Waals surface area contributed by atoms with Gasteiger partial charge in [-0.2, -0.15) is 4.98 Å². The van der Waals surface area contributed by atoms with E-state index in [2.05, 4.69) is 10.1 Å². The van der Waals surface area contributed by atoms with E-state index in [0.717, 1.165) is 11.3 Å². The number of rotatable bonds is 5. The molecule has 3 rings (SSSR count). The molecule has 1 aromatic carbocycles. The zero-order valence-electron chi connectivity index (χ0n) is 12.4. The standard InChI is InChI=1S/C15H18N2O4S/c1-20-13-4-2-11(3-5-13)8-14-16-15(21-17-14)9-12-6-7-22(18,19)10-12/h2-5,12H,6-10H2,1H3. The number of hydrogen-bond donors (Lipinski definition) is 0. The molecule has 0 radical (unpaired) electrons. The minimum atomic E-state index is -2.87. The highest BCUT2D eigenvalue weighted by Crippen LogP contribution is 2.22. The van der Waals surface area contributed by atoms with Crippen LogP contribution in [0, 0.1) is 5.92 Å². The third-order valence-electron chi connectivity index (χ3n) is 3.82. The zero-order valence-corrected chi connectivity index (χ0v) is 13.2. The number of nitrogens with zero attached hydrogens (tertiary/aromatic N) is 2. The molecule has 1 saturated heterocycles. The fourth-order valence-electron chi connectivity index (χ4n) is 2.65. The average Bonchev–Trinajstić information content (AvgIpc) is 3.06. The van der Waals surface area contributed by atoms with Crippen LogP contribution in [0.25, 0.3) is 0 Å². The third-order valence-corrected chi connectivity index (χ3v) is 5.66. The number of hydrogen-bond acceptors (Lipinski definition) is 6. The van der Waals surface area contributed by atoms with Gasteiger partial charge in [0.15, 0.2) is 15.7 Å².